The maximum Gasteiger partial charge on any atom is 0.254 e. The first-order valence-corrected chi connectivity index (χ1v) is 10.2. The highest BCUT2D eigenvalue weighted by Crippen LogP contribution is 2.34. The van der Waals surface area contributed by atoms with E-state index in [0.717, 1.165) is 18.4 Å². The van der Waals surface area contributed by atoms with Gasteiger partial charge in [0.25, 0.3) is 5.91 Å². The van der Waals surface area contributed by atoms with Crippen LogP contribution in [0.1, 0.15) is 61.5 Å². The van der Waals surface area contributed by atoms with Crippen molar-refractivity contribution >= 4 is 17.5 Å². The molecule has 0 spiro atoms. The maximum absolute atomic E-state index is 13.1. The number of benzene rings is 2. The third kappa shape index (κ3) is 3.92. The summed E-state index contributed by atoms with van der Waals surface area (Å²) in [5.74, 6) is 0.891. The first-order chi connectivity index (χ1) is 13.8. The fourth-order valence-corrected chi connectivity index (χ4v) is 3.89. The standard InChI is InChI=1S/C23H24ClN3O2/c1-23(2,3)16-12-10-15(11-13-16)22(28)27-14-6-9-19(27)21-25-20(26-29-21)17-7-4-5-8-18(17)24/h4-5,7-8,10-13,19H,6,9,14H2,1-3H3. The summed E-state index contributed by atoms with van der Waals surface area (Å²) in [6.07, 6.45) is 1.70. The fourth-order valence-electron chi connectivity index (χ4n) is 3.67. The number of hydrogen-bond donors (Lipinski definition) is 0. The van der Waals surface area contributed by atoms with Gasteiger partial charge in [-0.15, -0.1) is 0 Å². The number of amides is 1. The van der Waals surface area contributed by atoms with Crippen LogP contribution >= 0.6 is 11.6 Å². The largest absolute Gasteiger partial charge is 0.337 e. The second-order valence-electron chi connectivity index (χ2n) is 8.42. The molecule has 1 aromatic heterocycles. The molecule has 0 saturated carbocycles. The van der Waals surface area contributed by atoms with Gasteiger partial charge in [-0.05, 0) is 48.1 Å². The molecule has 2 aromatic carbocycles. The van der Waals surface area contributed by atoms with Gasteiger partial charge in [-0.25, -0.2) is 0 Å². The van der Waals surface area contributed by atoms with Crippen LogP contribution in [0.4, 0.5) is 0 Å². The number of nitrogens with zero attached hydrogens (tertiary/aromatic N) is 3. The van der Waals surface area contributed by atoms with Crippen molar-refractivity contribution in [2.45, 2.75) is 45.1 Å². The molecule has 1 fully saturated rings. The summed E-state index contributed by atoms with van der Waals surface area (Å²) in [6, 6.07) is 15.0. The zero-order chi connectivity index (χ0) is 20.6. The smallest absolute Gasteiger partial charge is 0.254 e. The monoisotopic (exact) mass is 409 g/mol. The van der Waals surface area contributed by atoms with Crippen LogP contribution in [-0.2, 0) is 5.41 Å². The SMILES string of the molecule is CC(C)(C)c1ccc(C(=O)N2CCCC2c2nc(-c3ccccc3Cl)no2)cc1. The van der Waals surface area contributed by atoms with Crippen molar-refractivity contribution in [2.75, 3.05) is 6.54 Å². The van der Waals surface area contributed by atoms with E-state index in [9.17, 15) is 4.79 Å². The molecule has 150 valence electrons. The van der Waals surface area contributed by atoms with Crippen molar-refractivity contribution in [1.29, 1.82) is 0 Å². The molecular formula is C23H24ClN3O2. The van der Waals surface area contributed by atoms with E-state index in [1.54, 1.807) is 6.07 Å². The van der Waals surface area contributed by atoms with Gasteiger partial charge in [0.15, 0.2) is 0 Å². The Kier molecular flexibility index (Phi) is 5.17. The Morgan fingerprint density at radius 2 is 1.86 bits per heavy atom. The lowest BCUT2D eigenvalue weighted by molar-refractivity contribution is 0.0710. The van der Waals surface area contributed by atoms with E-state index >= 15 is 0 Å². The van der Waals surface area contributed by atoms with E-state index in [0.29, 0.717) is 28.8 Å². The van der Waals surface area contributed by atoms with Crippen molar-refractivity contribution in [3.05, 3.63) is 70.6 Å². The van der Waals surface area contributed by atoms with Crippen LogP contribution in [-0.4, -0.2) is 27.5 Å². The first-order valence-electron chi connectivity index (χ1n) is 9.84. The quantitative estimate of drug-likeness (QED) is 0.559. The summed E-state index contributed by atoms with van der Waals surface area (Å²) < 4.78 is 5.52. The van der Waals surface area contributed by atoms with E-state index < -0.39 is 0 Å². The highest BCUT2D eigenvalue weighted by atomic mass is 35.5. The van der Waals surface area contributed by atoms with Crippen LogP contribution < -0.4 is 0 Å². The number of halogens is 1. The predicted molar refractivity (Wildman–Crippen MR) is 113 cm³/mol. The molecule has 4 rings (SSSR count). The third-order valence-corrected chi connectivity index (χ3v) is 5.68. The minimum Gasteiger partial charge on any atom is -0.337 e. The Bertz CT molecular complexity index is 1020. The van der Waals surface area contributed by atoms with Crippen LogP contribution in [0, 0.1) is 0 Å². The second kappa shape index (κ2) is 7.64. The Morgan fingerprint density at radius 1 is 1.14 bits per heavy atom. The van der Waals surface area contributed by atoms with Gasteiger partial charge in [-0.1, -0.05) is 61.8 Å². The number of carbonyl (C=O) groups is 1. The van der Waals surface area contributed by atoms with Gasteiger partial charge >= 0.3 is 0 Å². The van der Waals surface area contributed by atoms with Crippen molar-refractivity contribution < 1.29 is 9.32 Å². The van der Waals surface area contributed by atoms with E-state index in [1.807, 2.05) is 47.4 Å². The van der Waals surface area contributed by atoms with Crippen molar-refractivity contribution in [1.82, 2.24) is 15.0 Å². The molecule has 1 aliphatic heterocycles. The Labute approximate surface area is 175 Å². The van der Waals surface area contributed by atoms with Gasteiger partial charge in [0.2, 0.25) is 11.7 Å². The summed E-state index contributed by atoms with van der Waals surface area (Å²) in [7, 11) is 0. The van der Waals surface area contributed by atoms with E-state index in [4.69, 9.17) is 16.1 Å². The van der Waals surface area contributed by atoms with Crippen LogP contribution in [0.3, 0.4) is 0 Å². The number of rotatable bonds is 3. The Balaban J connectivity index is 1.57. The van der Waals surface area contributed by atoms with Gasteiger partial charge in [0.05, 0.1) is 5.02 Å². The number of aromatic nitrogens is 2. The summed E-state index contributed by atoms with van der Waals surface area (Å²) in [6.45, 7) is 7.15. The summed E-state index contributed by atoms with van der Waals surface area (Å²) in [5.41, 5.74) is 2.65. The molecule has 1 amide bonds. The van der Waals surface area contributed by atoms with Crippen LogP contribution in [0.25, 0.3) is 11.4 Å². The van der Waals surface area contributed by atoms with Crippen molar-refractivity contribution in [2.24, 2.45) is 0 Å². The zero-order valence-electron chi connectivity index (χ0n) is 16.9. The molecule has 29 heavy (non-hydrogen) atoms. The van der Waals surface area contributed by atoms with Crippen molar-refractivity contribution in [3.63, 3.8) is 0 Å². The molecule has 0 radical (unpaired) electrons. The van der Waals surface area contributed by atoms with Gasteiger partial charge in [0.1, 0.15) is 6.04 Å². The van der Waals surface area contributed by atoms with Crippen LogP contribution in [0.5, 0.6) is 0 Å². The maximum atomic E-state index is 13.1. The summed E-state index contributed by atoms with van der Waals surface area (Å²) in [5, 5.41) is 4.66. The topological polar surface area (TPSA) is 59.2 Å². The summed E-state index contributed by atoms with van der Waals surface area (Å²) in [4.78, 5) is 19.5. The predicted octanol–water partition coefficient (Wildman–Crippen LogP) is 5.66. The van der Waals surface area contributed by atoms with Gasteiger partial charge in [-0.2, -0.15) is 4.98 Å². The molecule has 3 aromatic rings. The molecule has 2 heterocycles. The first kappa shape index (κ1) is 19.6. The molecule has 1 atom stereocenters. The lowest BCUT2D eigenvalue weighted by atomic mass is 9.86. The van der Waals surface area contributed by atoms with E-state index in [1.165, 1.54) is 5.56 Å². The minimum absolute atomic E-state index is 0.00884. The highest BCUT2D eigenvalue weighted by molar-refractivity contribution is 6.33. The van der Waals surface area contributed by atoms with Crippen molar-refractivity contribution in [3.8, 4) is 11.4 Å². The lowest BCUT2D eigenvalue weighted by Gasteiger charge is -2.23. The van der Waals surface area contributed by atoms with Gasteiger partial charge < -0.3 is 9.42 Å². The molecular weight excluding hydrogens is 386 g/mol. The fraction of sp³-hybridized carbons (Fsp3) is 0.348. The summed E-state index contributed by atoms with van der Waals surface area (Å²) >= 11 is 6.25. The normalized spacial score (nSPS) is 17.0. The molecule has 0 aliphatic carbocycles. The van der Waals surface area contributed by atoms with E-state index in [2.05, 4.69) is 30.9 Å². The molecule has 1 aliphatic rings. The molecule has 1 saturated heterocycles. The molecule has 0 bridgehead atoms. The zero-order valence-corrected chi connectivity index (χ0v) is 17.6. The Morgan fingerprint density at radius 3 is 2.55 bits per heavy atom. The van der Waals surface area contributed by atoms with Crippen LogP contribution in [0.15, 0.2) is 53.1 Å². The average molecular weight is 410 g/mol. The highest BCUT2D eigenvalue weighted by Gasteiger charge is 2.34. The number of likely N-dealkylation sites (tertiary alicyclic amines) is 1. The van der Waals surface area contributed by atoms with Crippen LogP contribution in [0.2, 0.25) is 5.02 Å². The van der Waals surface area contributed by atoms with Gasteiger partial charge in [-0.3, -0.25) is 4.79 Å². The van der Waals surface area contributed by atoms with E-state index in [-0.39, 0.29) is 17.4 Å². The molecule has 5 nitrogen and oxygen atoms in total. The minimum atomic E-state index is -0.214. The molecule has 0 N–H and O–H groups in total. The number of carbonyl (C=O) groups excluding carboxylic acids is 1. The molecule has 1 unspecified atom stereocenters. The second-order valence-corrected chi connectivity index (χ2v) is 8.83. The molecule has 6 heteroatoms. The third-order valence-electron chi connectivity index (χ3n) is 5.35. The lowest BCUT2D eigenvalue weighted by Crippen LogP contribution is -2.30. The van der Waals surface area contributed by atoms with Gasteiger partial charge in [0, 0.05) is 17.7 Å². The number of hydrogen-bond acceptors (Lipinski definition) is 4. The average Bonchev–Trinajstić information content (AvgIpc) is 3.36. The Hall–Kier alpha value is -2.66.